The summed E-state index contributed by atoms with van der Waals surface area (Å²) >= 11 is 0. The highest BCUT2D eigenvalue weighted by molar-refractivity contribution is 5.68. The minimum Gasteiger partial charge on any atom is -0.480 e. The molecule has 0 saturated carbocycles. The van der Waals surface area contributed by atoms with Crippen molar-refractivity contribution in [2.24, 2.45) is 5.92 Å². The van der Waals surface area contributed by atoms with Gasteiger partial charge in [-0.3, -0.25) is 9.69 Å². The van der Waals surface area contributed by atoms with Crippen molar-refractivity contribution in [2.45, 2.75) is 19.8 Å². The molecule has 1 atom stereocenters. The van der Waals surface area contributed by atoms with E-state index >= 15 is 0 Å². The molecule has 1 fully saturated rings. The molecule has 1 rings (SSSR count). The smallest absolute Gasteiger partial charge is 0.317 e. The average Bonchev–Trinajstić information content (AvgIpc) is 2.16. The zero-order valence-electron chi connectivity index (χ0n) is 10.0. The molecule has 0 spiro atoms. The second-order valence-corrected chi connectivity index (χ2v) is 4.73. The standard InChI is InChI=1S/C12H22N2O2/c1-10(2)8-14-5-3-4-11(9-14)6-13-7-12(15)16/h11,13H,1,3-9H2,2H3,(H,15,16). The average molecular weight is 226 g/mol. The van der Waals surface area contributed by atoms with Gasteiger partial charge in [-0.15, -0.1) is 0 Å². The number of carboxylic acid groups (broad SMARTS) is 1. The van der Waals surface area contributed by atoms with Gasteiger partial charge in [0.1, 0.15) is 0 Å². The molecule has 1 unspecified atom stereocenters. The number of hydrogen-bond donors (Lipinski definition) is 2. The Morgan fingerprint density at radius 3 is 3.00 bits per heavy atom. The van der Waals surface area contributed by atoms with Crippen molar-refractivity contribution in [2.75, 3.05) is 32.7 Å². The summed E-state index contributed by atoms with van der Waals surface area (Å²) in [5.41, 5.74) is 1.19. The normalized spacial score (nSPS) is 21.9. The SMILES string of the molecule is C=C(C)CN1CCCC(CNCC(=O)O)C1. The third-order valence-corrected chi connectivity index (χ3v) is 2.81. The van der Waals surface area contributed by atoms with Gasteiger partial charge in [-0.05, 0) is 38.8 Å². The Balaban J connectivity index is 2.22. The predicted molar refractivity (Wildman–Crippen MR) is 64.5 cm³/mol. The molecule has 1 heterocycles. The van der Waals surface area contributed by atoms with E-state index in [-0.39, 0.29) is 6.54 Å². The molecule has 0 bridgehead atoms. The zero-order chi connectivity index (χ0) is 12.0. The fourth-order valence-corrected chi connectivity index (χ4v) is 2.23. The number of hydrogen-bond acceptors (Lipinski definition) is 3. The summed E-state index contributed by atoms with van der Waals surface area (Å²) in [6, 6.07) is 0. The Morgan fingerprint density at radius 1 is 1.62 bits per heavy atom. The summed E-state index contributed by atoms with van der Waals surface area (Å²) in [4.78, 5) is 12.8. The highest BCUT2D eigenvalue weighted by Crippen LogP contribution is 2.16. The van der Waals surface area contributed by atoms with E-state index in [1.165, 1.54) is 18.4 Å². The van der Waals surface area contributed by atoms with Crippen LogP contribution in [0, 0.1) is 5.92 Å². The maximum atomic E-state index is 10.4. The summed E-state index contributed by atoms with van der Waals surface area (Å²) in [5.74, 6) is -0.206. The lowest BCUT2D eigenvalue weighted by Gasteiger charge is -2.32. The van der Waals surface area contributed by atoms with Crippen LogP contribution >= 0.6 is 0 Å². The second kappa shape index (κ2) is 6.66. The molecule has 0 aromatic rings. The summed E-state index contributed by atoms with van der Waals surface area (Å²) in [6.07, 6.45) is 2.39. The molecular weight excluding hydrogens is 204 g/mol. The van der Waals surface area contributed by atoms with Crippen LogP contribution in [0.25, 0.3) is 0 Å². The van der Waals surface area contributed by atoms with E-state index < -0.39 is 5.97 Å². The maximum absolute atomic E-state index is 10.4. The number of nitrogens with one attached hydrogen (secondary N) is 1. The van der Waals surface area contributed by atoms with Crippen LogP contribution in [0.4, 0.5) is 0 Å². The molecule has 2 N–H and O–H groups in total. The van der Waals surface area contributed by atoms with E-state index in [0.717, 1.165) is 26.2 Å². The Morgan fingerprint density at radius 2 is 2.38 bits per heavy atom. The summed E-state index contributed by atoms with van der Waals surface area (Å²) in [7, 11) is 0. The van der Waals surface area contributed by atoms with Crippen molar-refractivity contribution in [3.8, 4) is 0 Å². The van der Waals surface area contributed by atoms with Crippen LogP contribution in [0.3, 0.4) is 0 Å². The van der Waals surface area contributed by atoms with E-state index in [1.807, 2.05) is 6.92 Å². The fourth-order valence-electron chi connectivity index (χ4n) is 2.23. The lowest BCUT2D eigenvalue weighted by atomic mass is 9.97. The number of carboxylic acids is 1. The number of carbonyl (C=O) groups is 1. The first kappa shape index (κ1) is 13.2. The Labute approximate surface area is 97.3 Å². The molecule has 0 aromatic carbocycles. The molecule has 0 amide bonds. The molecule has 0 aliphatic carbocycles. The number of nitrogens with zero attached hydrogens (tertiary/aromatic N) is 1. The van der Waals surface area contributed by atoms with Gasteiger partial charge < -0.3 is 10.4 Å². The highest BCUT2D eigenvalue weighted by Gasteiger charge is 2.19. The van der Waals surface area contributed by atoms with Crippen LogP contribution in [0.1, 0.15) is 19.8 Å². The van der Waals surface area contributed by atoms with Gasteiger partial charge in [0.25, 0.3) is 0 Å². The first-order valence-electron chi connectivity index (χ1n) is 5.87. The van der Waals surface area contributed by atoms with Crippen LogP contribution in [0.5, 0.6) is 0 Å². The third kappa shape index (κ3) is 5.28. The van der Waals surface area contributed by atoms with Gasteiger partial charge in [0, 0.05) is 13.1 Å². The van der Waals surface area contributed by atoms with Crippen LogP contribution in [-0.4, -0.2) is 48.7 Å². The minimum absolute atomic E-state index is 0.0665. The van der Waals surface area contributed by atoms with Gasteiger partial charge in [-0.25, -0.2) is 0 Å². The molecule has 92 valence electrons. The van der Waals surface area contributed by atoms with E-state index in [2.05, 4.69) is 16.8 Å². The summed E-state index contributed by atoms with van der Waals surface area (Å²) in [5, 5.41) is 11.5. The van der Waals surface area contributed by atoms with Gasteiger partial charge in [0.05, 0.1) is 6.54 Å². The molecule has 4 heteroatoms. The van der Waals surface area contributed by atoms with Gasteiger partial charge in [-0.2, -0.15) is 0 Å². The van der Waals surface area contributed by atoms with E-state index in [4.69, 9.17) is 5.11 Å². The van der Waals surface area contributed by atoms with Crippen molar-refractivity contribution < 1.29 is 9.90 Å². The minimum atomic E-state index is -0.783. The van der Waals surface area contributed by atoms with Crippen molar-refractivity contribution in [1.82, 2.24) is 10.2 Å². The molecule has 1 saturated heterocycles. The van der Waals surface area contributed by atoms with Crippen LogP contribution < -0.4 is 5.32 Å². The number of piperidine rings is 1. The molecular formula is C12H22N2O2. The lowest BCUT2D eigenvalue weighted by molar-refractivity contribution is -0.136. The number of aliphatic carboxylic acids is 1. The fraction of sp³-hybridized carbons (Fsp3) is 0.750. The van der Waals surface area contributed by atoms with Crippen LogP contribution in [0.15, 0.2) is 12.2 Å². The molecule has 1 aliphatic rings. The molecule has 4 nitrogen and oxygen atoms in total. The predicted octanol–water partition coefficient (Wildman–Crippen LogP) is 0.949. The van der Waals surface area contributed by atoms with E-state index in [1.54, 1.807) is 0 Å². The lowest BCUT2D eigenvalue weighted by Crippen LogP contribution is -2.41. The molecule has 16 heavy (non-hydrogen) atoms. The van der Waals surface area contributed by atoms with Crippen molar-refractivity contribution in [1.29, 1.82) is 0 Å². The number of likely N-dealkylation sites (tertiary alicyclic amines) is 1. The van der Waals surface area contributed by atoms with E-state index in [0.29, 0.717) is 5.92 Å². The van der Waals surface area contributed by atoms with Gasteiger partial charge in [0.2, 0.25) is 0 Å². The third-order valence-electron chi connectivity index (χ3n) is 2.81. The van der Waals surface area contributed by atoms with E-state index in [9.17, 15) is 4.79 Å². The van der Waals surface area contributed by atoms with Crippen molar-refractivity contribution >= 4 is 5.97 Å². The molecule has 0 radical (unpaired) electrons. The molecule has 0 aromatic heterocycles. The Bertz CT molecular complexity index is 253. The first-order chi connectivity index (χ1) is 7.58. The van der Waals surface area contributed by atoms with Crippen LogP contribution in [-0.2, 0) is 4.79 Å². The van der Waals surface area contributed by atoms with Crippen LogP contribution in [0.2, 0.25) is 0 Å². The topological polar surface area (TPSA) is 52.6 Å². The van der Waals surface area contributed by atoms with Crippen molar-refractivity contribution in [3.05, 3.63) is 12.2 Å². The summed E-state index contributed by atoms with van der Waals surface area (Å²) in [6.45, 7) is 10.0. The van der Waals surface area contributed by atoms with Gasteiger partial charge in [-0.1, -0.05) is 12.2 Å². The quantitative estimate of drug-likeness (QED) is 0.662. The largest absolute Gasteiger partial charge is 0.480 e. The monoisotopic (exact) mass is 226 g/mol. The highest BCUT2D eigenvalue weighted by atomic mass is 16.4. The van der Waals surface area contributed by atoms with Gasteiger partial charge in [0.15, 0.2) is 0 Å². The Kier molecular flexibility index (Phi) is 5.49. The molecule has 1 aliphatic heterocycles. The zero-order valence-corrected chi connectivity index (χ0v) is 10.0. The van der Waals surface area contributed by atoms with Crippen molar-refractivity contribution in [3.63, 3.8) is 0 Å². The summed E-state index contributed by atoms with van der Waals surface area (Å²) < 4.78 is 0. The Hall–Kier alpha value is -0.870. The van der Waals surface area contributed by atoms with Gasteiger partial charge >= 0.3 is 5.97 Å². The first-order valence-corrected chi connectivity index (χ1v) is 5.87. The maximum Gasteiger partial charge on any atom is 0.317 e. The number of rotatable bonds is 6. The second-order valence-electron chi connectivity index (χ2n) is 4.73.